The monoisotopic (exact) mass is 450 g/mol. The first-order valence-corrected chi connectivity index (χ1v) is 10.9. The second kappa shape index (κ2) is 8.93. The molecule has 1 aliphatic rings. The predicted molar refractivity (Wildman–Crippen MR) is 126 cm³/mol. The van der Waals surface area contributed by atoms with Gasteiger partial charge in [-0.15, -0.1) is 0 Å². The van der Waals surface area contributed by atoms with E-state index in [1.165, 1.54) is 23.1 Å². The van der Waals surface area contributed by atoms with E-state index in [2.05, 4.69) is 18.8 Å². The fourth-order valence-corrected chi connectivity index (χ4v) is 4.31. The van der Waals surface area contributed by atoms with Crippen molar-refractivity contribution in [2.75, 3.05) is 23.0 Å². The minimum atomic E-state index is -0.539. The van der Waals surface area contributed by atoms with Crippen molar-refractivity contribution in [3.05, 3.63) is 58.8 Å². The smallest absolute Gasteiger partial charge is 0.271 e. The maximum absolute atomic E-state index is 13.6. The summed E-state index contributed by atoms with van der Waals surface area (Å²) in [5, 5.41) is 12.2. The molecule has 3 aromatic rings. The van der Waals surface area contributed by atoms with Crippen molar-refractivity contribution in [2.45, 2.75) is 33.2 Å². The summed E-state index contributed by atoms with van der Waals surface area (Å²) in [6.45, 7) is 5.70. The molecule has 0 saturated carbocycles. The number of hydrogen-bond acceptors (Lipinski definition) is 5. The van der Waals surface area contributed by atoms with Gasteiger partial charge in [-0.2, -0.15) is 0 Å². The summed E-state index contributed by atoms with van der Waals surface area (Å²) in [4.78, 5) is 43.2. The number of anilines is 2. The molecule has 172 valence electrons. The van der Waals surface area contributed by atoms with Crippen LogP contribution in [0.5, 0.6) is 5.75 Å². The molecule has 1 aliphatic heterocycles. The van der Waals surface area contributed by atoms with E-state index >= 15 is 0 Å². The first kappa shape index (κ1) is 22.3. The summed E-state index contributed by atoms with van der Waals surface area (Å²) in [6, 6.07) is 11.6. The molecule has 0 spiro atoms. The molecular weight excluding hydrogens is 424 g/mol. The van der Waals surface area contributed by atoms with E-state index in [0.717, 1.165) is 23.0 Å². The number of fused-ring (bicyclic) bond motifs is 2. The number of carbonyl (C=O) groups is 2. The number of aromatic amines is 1. The number of hydrogen-bond donors (Lipinski definition) is 1. The number of aromatic nitrogens is 1. The molecule has 1 atom stereocenters. The van der Waals surface area contributed by atoms with E-state index in [1.54, 1.807) is 4.90 Å². The highest BCUT2D eigenvalue weighted by Gasteiger charge is 2.32. The molecule has 0 fully saturated rings. The van der Waals surface area contributed by atoms with Crippen LogP contribution in [0.25, 0.3) is 10.9 Å². The Labute approximate surface area is 191 Å². The van der Waals surface area contributed by atoms with E-state index < -0.39 is 10.8 Å². The van der Waals surface area contributed by atoms with Gasteiger partial charge in [-0.3, -0.25) is 24.6 Å². The summed E-state index contributed by atoms with van der Waals surface area (Å²) in [5.74, 6) is 0.00263. The highest BCUT2D eigenvalue weighted by Crippen LogP contribution is 2.35. The molecule has 0 radical (unpaired) electrons. The van der Waals surface area contributed by atoms with Gasteiger partial charge in [0.2, 0.25) is 5.91 Å². The van der Waals surface area contributed by atoms with Gasteiger partial charge in [0.25, 0.3) is 11.6 Å². The summed E-state index contributed by atoms with van der Waals surface area (Å²) < 4.78 is 5.42. The number of nitrogens with one attached hydrogen (secondary N) is 1. The first-order valence-electron chi connectivity index (χ1n) is 10.9. The third-order valence-corrected chi connectivity index (χ3v) is 5.73. The molecular formula is C24H26N4O5. The van der Waals surface area contributed by atoms with Gasteiger partial charge in [-0.1, -0.05) is 13.8 Å². The summed E-state index contributed by atoms with van der Waals surface area (Å²) in [6.07, 6.45) is 2.62. The Morgan fingerprint density at radius 2 is 2.00 bits per heavy atom. The van der Waals surface area contributed by atoms with Crippen LogP contribution >= 0.6 is 0 Å². The molecule has 2 heterocycles. The largest absolute Gasteiger partial charge is 0.482 e. The first-order chi connectivity index (χ1) is 15.7. The zero-order valence-electron chi connectivity index (χ0n) is 18.8. The Morgan fingerprint density at radius 1 is 1.21 bits per heavy atom. The van der Waals surface area contributed by atoms with Crippen LogP contribution in [-0.4, -0.2) is 40.9 Å². The lowest BCUT2D eigenvalue weighted by atomic mass is 10.0. The number of nitro benzene ring substituents is 1. The number of benzene rings is 2. The summed E-state index contributed by atoms with van der Waals surface area (Å²) in [5.41, 5.74) is 1.76. The number of H-pyrrole nitrogens is 1. The average Bonchev–Trinajstić information content (AvgIpc) is 3.23. The van der Waals surface area contributed by atoms with Gasteiger partial charge in [-0.05, 0) is 49.6 Å². The second-order valence-corrected chi connectivity index (χ2v) is 8.67. The molecule has 1 unspecified atom stereocenters. The lowest BCUT2D eigenvalue weighted by Gasteiger charge is -2.34. The molecule has 2 amide bonds. The SMILES string of the molecule is CC(C)CC(C)N(C(=O)CN1C(=O)COc2ccc([N+](=O)[O-])cc21)c1ccc2[nH]ccc2c1. The van der Waals surface area contributed by atoms with Gasteiger partial charge in [0.1, 0.15) is 12.3 Å². The Kier molecular flexibility index (Phi) is 6.04. The third-order valence-electron chi connectivity index (χ3n) is 5.73. The van der Waals surface area contributed by atoms with Gasteiger partial charge >= 0.3 is 0 Å². The van der Waals surface area contributed by atoms with Gasteiger partial charge < -0.3 is 14.6 Å². The molecule has 0 aliphatic carbocycles. The average molecular weight is 450 g/mol. The Hall–Kier alpha value is -3.88. The topological polar surface area (TPSA) is 109 Å². The number of carbonyl (C=O) groups excluding carboxylic acids is 2. The number of non-ortho nitro benzene ring substituents is 1. The van der Waals surface area contributed by atoms with Crippen molar-refractivity contribution in [1.29, 1.82) is 0 Å². The maximum atomic E-state index is 13.6. The molecule has 0 bridgehead atoms. The predicted octanol–water partition coefficient (Wildman–Crippen LogP) is 4.27. The highest BCUT2D eigenvalue weighted by molar-refractivity contribution is 6.06. The van der Waals surface area contributed by atoms with Crippen molar-refractivity contribution in [2.24, 2.45) is 5.92 Å². The van der Waals surface area contributed by atoms with Crippen LogP contribution in [0.2, 0.25) is 0 Å². The number of amides is 2. The zero-order valence-corrected chi connectivity index (χ0v) is 18.8. The van der Waals surface area contributed by atoms with Gasteiger partial charge in [-0.25, -0.2) is 0 Å². The van der Waals surface area contributed by atoms with Crippen molar-refractivity contribution < 1.29 is 19.2 Å². The fraction of sp³-hybridized carbons (Fsp3) is 0.333. The van der Waals surface area contributed by atoms with Crippen LogP contribution in [0.1, 0.15) is 27.2 Å². The van der Waals surface area contributed by atoms with E-state index in [1.807, 2.05) is 37.4 Å². The minimum Gasteiger partial charge on any atom is -0.482 e. The molecule has 2 aromatic carbocycles. The Bertz CT molecular complexity index is 1220. The summed E-state index contributed by atoms with van der Waals surface area (Å²) in [7, 11) is 0. The van der Waals surface area contributed by atoms with Gasteiger partial charge in [0, 0.05) is 41.0 Å². The molecule has 4 rings (SSSR count). The lowest BCUT2D eigenvalue weighted by molar-refractivity contribution is -0.384. The normalized spacial score (nSPS) is 14.2. The Morgan fingerprint density at radius 3 is 2.73 bits per heavy atom. The third kappa shape index (κ3) is 4.52. The van der Waals surface area contributed by atoms with Gasteiger partial charge in [0.05, 0.1) is 10.6 Å². The van der Waals surface area contributed by atoms with Crippen LogP contribution in [0.4, 0.5) is 17.1 Å². The minimum absolute atomic E-state index is 0.116. The second-order valence-electron chi connectivity index (χ2n) is 8.67. The van der Waals surface area contributed by atoms with E-state index in [0.29, 0.717) is 11.7 Å². The maximum Gasteiger partial charge on any atom is 0.271 e. The van der Waals surface area contributed by atoms with E-state index in [-0.39, 0.29) is 36.5 Å². The van der Waals surface area contributed by atoms with Crippen LogP contribution in [0.3, 0.4) is 0 Å². The standard InChI is InChI=1S/C24H26N4O5/c1-15(2)10-16(3)27(18-4-6-20-17(11-18)8-9-25-20)23(29)13-26-21-12-19(28(31)32)5-7-22(21)33-14-24(26)30/h4-9,11-12,15-16,25H,10,13-14H2,1-3H3. The summed E-state index contributed by atoms with van der Waals surface area (Å²) >= 11 is 0. The van der Waals surface area contributed by atoms with Crippen molar-refractivity contribution in [3.8, 4) is 5.75 Å². The molecule has 9 heteroatoms. The zero-order chi connectivity index (χ0) is 23.7. The molecule has 1 aromatic heterocycles. The fourth-order valence-electron chi connectivity index (χ4n) is 4.31. The molecule has 0 saturated heterocycles. The van der Waals surface area contributed by atoms with Gasteiger partial charge in [0.15, 0.2) is 6.61 Å². The van der Waals surface area contributed by atoms with E-state index in [9.17, 15) is 19.7 Å². The number of rotatable bonds is 7. The van der Waals surface area contributed by atoms with Crippen LogP contribution in [0.15, 0.2) is 48.7 Å². The number of nitrogens with zero attached hydrogens (tertiary/aromatic N) is 3. The number of ether oxygens (including phenoxy) is 1. The lowest BCUT2D eigenvalue weighted by Crippen LogP contribution is -2.49. The molecule has 1 N–H and O–H groups in total. The highest BCUT2D eigenvalue weighted by atomic mass is 16.6. The van der Waals surface area contributed by atoms with Crippen LogP contribution in [-0.2, 0) is 9.59 Å². The van der Waals surface area contributed by atoms with Crippen molar-refractivity contribution >= 4 is 39.8 Å². The van der Waals surface area contributed by atoms with Crippen LogP contribution < -0.4 is 14.5 Å². The molecule has 9 nitrogen and oxygen atoms in total. The van der Waals surface area contributed by atoms with E-state index in [4.69, 9.17) is 4.74 Å². The van der Waals surface area contributed by atoms with Crippen molar-refractivity contribution in [1.82, 2.24) is 4.98 Å². The van der Waals surface area contributed by atoms with Crippen molar-refractivity contribution in [3.63, 3.8) is 0 Å². The Balaban J connectivity index is 1.69. The number of nitro groups is 1. The van der Waals surface area contributed by atoms with Crippen LogP contribution in [0, 0.1) is 16.0 Å². The molecule has 33 heavy (non-hydrogen) atoms. The quantitative estimate of drug-likeness (QED) is 0.427.